The van der Waals surface area contributed by atoms with Crippen molar-refractivity contribution in [1.29, 1.82) is 0 Å². The Bertz CT molecular complexity index is 524. The second-order valence-electron chi connectivity index (χ2n) is 4.02. The van der Waals surface area contributed by atoms with Crippen molar-refractivity contribution in [3.63, 3.8) is 0 Å². The zero-order valence-corrected chi connectivity index (χ0v) is 11.6. The lowest BCUT2D eigenvalue weighted by Crippen LogP contribution is -2.25. The van der Waals surface area contributed by atoms with E-state index in [-0.39, 0.29) is 5.91 Å². The number of carbonyl (C=O) groups is 1. The molecule has 2 aromatic heterocycles. The summed E-state index contributed by atoms with van der Waals surface area (Å²) in [5.74, 6) is 0.961. The maximum absolute atomic E-state index is 12.0. The fourth-order valence-corrected chi connectivity index (χ4v) is 2.16. The van der Waals surface area contributed by atoms with Gasteiger partial charge in [0.1, 0.15) is 0 Å². The quantitative estimate of drug-likeness (QED) is 0.804. The van der Waals surface area contributed by atoms with Gasteiger partial charge in [0.05, 0.1) is 18.7 Å². The molecular formula is C12H15N3O3S. The van der Waals surface area contributed by atoms with Crippen LogP contribution in [0.5, 0.6) is 0 Å². The fourth-order valence-electron chi connectivity index (χ4n) is 1.53. The molecule has 0 saturated heterocycles. The van der Waals surface area contributed by atoms with Crippen LogP contribution in [0.1, 0.15) is 22.1 Å². The van der Waals surface area contributed by atoms with E-state index in [1.54, 1.807) is 25.1 Å². The Hall–Kier alpha value is -1.73. The van der Waals surface area contributed by atoms with Gasteiger partial charge in [0, 0.05) is 26.0 Å². The molecule has 0 aliphatic heterocycles. The summed E-state index contributed by atoms with van der Waals surface area (Å²) in [6.07, 6.45) is 0.599. The zero-order valence-electron chi connectivity index (χ0n) is 10.8. The molecule has 0 spiro atoms. The lowest BCUT2D eigenvalue weighted by atomic mass is 10.3. The van der Waals surface area contributed by atoms with Gasteiger partial charge in [-0.15, -0.1) is 0 Å². The number of methoxy groups -OCH3 is 1. The van der Waals surface area contributed by atoms with Gasteiger partial charge in [-0.1, -0.05) is 5.16 Å². The number of hydrogen-bond donors (Lipinski definition) is 0. The van der Waals surface area contributed by atoms with Crippen LogP contribution in [0.2, 0.25) is 0 Å². The second kappa shape index (κ2) is 6.44. The Morgan fingerprint density at radius 1 is 1.58 bits per heavy atom. The van der Waals surface area contributed by atoms with Crippen molar-refractivity contribution < 1.29 is 14.1 Å². The van der Waals surface area contributed by atoms with Gasteiger partial charge in [0.2, 0.25) is 5.89 Å². The van der Waals surface area contributed by atoms with Crippen LogP contribution in [0.25, 0.3) is 0 Å². The Kier molecular flexibility index (Phi) is 4.64. The van der Waals surface area contributed by atoms with E-state index in [2.05, 4.69) is 10.1 Å². The first-order chi connectivity index (χ1) is 9.20. The number of rotatable bonds is 6. The van der Waals surface area contributed by atoms with E-state index in [1.165, 1.54) is 11.3 Å². The van der Waals surface area contributed by atoms with Gasteiger partial charge < -0.3 is 14.2 Å². The molecule has 2 aromatic rings. The molecule has 7 heteroatoms. The van der Waals surface area contributed by atoms with Crippen LogP contribution in [-0.2, 0) is 17.7 Å². The minimum atomic E-state index is -0.0575. The predicted molar refractivity (Wildman–Crippen MR) is 70.0 cm³/mol. The number of thiophene rings is 1. The molecule has 1 amide bonds. The van der Waals surface area contributed by atoms with Gasteiger partial charge in [0.15, 0.2) is 5.82 Å². The summed E-state index contributed by atoms with van der Waals surface area (Å²) in [6.45, 7) is 0.845. The topological polar surface area (TPSA) is 68.5 Å². The summed E-state index contributed by atoms with van der Waals surface area (Å²) in [5, 5.41) is 7.51. The lowest BCUT2D eigenvalue weighted by molar-refractivity contribution is 0.0770. The van der Waals surface area contributed by atoms with Crippen molar-refractivity contribution in [1.82, 2.24) is 15.0 Å². The van der Waals surface area contributed by atoms with Gasteiger partial charge in [0.25, 0.3) is 5.91 Å². The number of nitrogens with zero attached hydrogens (tertiary/aromatic N) is 3. The molecule has 0 N–H and O–H groups in total. The van der Waals surface area contributed by atoms with E-state index in [0.717, 1.165) is 0 Å². The summed E-state index contributed by atoms with van der Waals surface area (Å²) in [7, 11) is 3.33. The van der Waals surface area contributed by atoms with Crippen molar-refractivity contribution in [3.05, 3.63) is 34.1 Å². The van der Waals surface area contributed by atoms with Crippen molar-refractivity contribution >= 4 is 17.2 Å². The molecule has 0 radical (unpaired) electrons. The number of carbonyl (C=O) groups excluding carboxylic acids is 1. The third kappa shape index (κ3) is 3.62. The highest BCUT2D eigenvalue weighted by molar-refractivity contribution is 7.08. The third-order valence-corrected chi connectivity index (χ3v) is 3.21. The summed E-state index contributed by atoms with van der Waals surface area (Å²) < 4.78 is 10.0. The highest BCUT2D eigenvalue weighted by Crippen LogP contribution is 2.10. The maximum Gasteiger partial charge on any atom is 0.254 e. The Labute approximate surface area is 115 Å². The zero-order chi connectivity index (χ0) is 13.7. The molecule has 19 heavy (non-hydrogen) atoms. The van der Waals surface area contributed by atoms with Gasteiger partial charge in [-0.25, -0.2) is 0 Å². The monoisotopic (exact) mass is 281 g/mol. The SMILES string of the molecule is COCCc1noc(CN(C)C(=O)c2ccsc2)n1. The molecule has 0 unspecified atom stereocenters. The standard InChI is InChI=1S/C12H15N3O3S/c1-15(12(16)9-4-6-19-8-9)7-11-13-10(14-18-11)3-5-17-2/h4,6,8H,3,5,7H2,1-2H3. The van der Waals surface area contributed by atoms with Gasteiger partial charge >= 0.3 is 0 Å². The minimum Gasteiger partial charge on any atom is -0.384 e. The number of amides is 1. The summed E-state index contributed by atoms with van der Waals surface area (Å²) in [5.41, 5.74) is 0.673. The van der Waals surface area contributed by atoms with E-state index in [9.17, 15) is 4.79 Å². The third-order valence-electron chi connectivity index (χ3n) is 2.53. The average molecular weight is 281 g/mol. The summed E-state index contributed by atoms with van der Waals surface area (Å²) in [6, 6.07) is 1.79. The molecule has 2 rings (SSSR count). The van der Waals surface area contributed by atoms with Crippen molar-refractivity contribution in [2.45, 2.75) is 13.0 Å². The largest absolute Gasteiger partial charge is 0.384 e. The lowest BCUT2D eigenvalue weighted by Gasteiger charge is -2.13. The van der Waals surface area contributed by atoms with E-state index in [1.807, 2.05) is 10.8 Å². The van der Waals surface area contributed by atoms with Crippen LogP contribution >= 0.6 is 11.3 Å². The molecule has 0 fully saturated rings. The molecule has 102 valence electrons. The molecule has 0 atom stereocenters. The van der Waals surface area contributed by atoms with E-state index in [0.29, 0.717) is 36.9 Å². The number of aromatic nitrogens is 2. The normalized spacial score (nSPS) is 10.6. The van der Waals surface area contributed by atoms with Crippen LogP contribution in [0.15, 0.2) is 21.3 Å². The maximum atomic E-state index is 12.0. The van der Waals surface area contributed by atoms with Gasteiger partial charge in [-0.05, 0) is 11.4 Å². The number of ether oxygens (including phenoxy) is 1. The molecule has 0 saturated carbocycles. The van der Waals surface area contributed by atoms with Crippen LogP contribution in [0.4, 0.5) is 0 Å². The molecule has 0 bridgehead atoms. The molecule has 2 heterocycles. The Morgan fingerprint density at radius 2 is 2.42 bits per heavy atom. The minimum absolute atomic E-state index is 0.0575. The van der Waals surface area contributed by atoms with Crippen LogP contribution in [-0.4, -0.2) is 41.7 Å². The van der Waals surface area contributed by atoms with Crippen LogP contribution in [0.3, 0.4) is 0 Å². The average Bonchev–Trinajstić information content (AvgIpc) is 3.06. The molecule has 0 aromatic carbocycles. The van der Waals surface area contributed by atoms with Gasteiger partial charge in [-0.3, -0.25) is 4.79 Å². The van der Waals surface area contributed by atoms with E-state index >= 15 is 0 Å². The van der Waals surface area contributed by atoms with Crippen LogP contribution in [0, 0.1) is 0 Å². The first-order valence-corrected chi connectivity index (χ1v) is 6.73. The Balaban J connectivity index is 1.93. The first-order valence-electron chi connectivity index (χ1n) is 5.78. The van der Waals surface area contributed by atoms with Crippen molar-refractivity contribution in [3.8, 4) is 0 Å². The van der Waals surface area contributed by atoms with Crippen LogP contribution < -0.4 is 0 Å². The fraction of sp³-hybridized carbons (Fsp3) is 0.417. The summed E-state index contributed by atoms with van der Waals surface area (Å²) >= 11 is 1.49. The second-order valence-corrected chi connectivity index (χ2v) is 4.80. The van der Waals surface area contributed by atoms with Crippen molar-refractivity contribution in [2.24, 2.45) is 0 Å². The molecule has 6 nitrogen and oxygen atoms in total. The van der Waals surface area contributed by atoms with Crippen molar-refractivity contribution in [2.75, 3.05) is 20.8 Å². The Morgan fingerprint density at radius 3 is 3.11 bits per heavy atom. The van der Waals surface area contributed by atoms with Gasteiger partial charge in [-0.2, -0.15) is 16.3 Å². The van der Waals surface area contributed by atoms with E-state index in [4.69, 9.17) is 9.26 Å². The molecule has 0 aliphatic rings. The predicted octanol–water partition coefficient (Wildman–Crippen LogP) is 1.59. The first kappa shape index (κ1) is 13.7. The highest BCUT2D eigenvalue weighted by Gasteiger charge is 2.15. The highest BCUT2D eigenvalue weighted by atomic mass is 32.1. The number of hydrogen-bond acceptors (Lipinski definition) is 6. The molecular weight excluding hydrogens is 266 g/mol. The summed E-state index contributed by atoms with van der Waals surface area (Å²) in [4.78, 5) is 17.8. The van der Waals surface area contributed by atoms with E-state index < -0.39 is 0 Å². The smallest absolute Gasteiger partial charge is 0.254 e. The molecule has 0 aliphatic carbocycles.